The first kappa shape index (κ1) is 12.6. The lowest BCUT2D eigenvalue weighted by molar-refractivity contribution is 0.437. The first-order valence-corrected chi connectivity index (χ1v) is 7.29. The van der Waals surface area contributed by atoms with Gasteiger partial charge in [0.05, 0.1) is 6.54 Å². The average molecular weight is 268 g/mol. The van der Waals surface area contributed by atoms with Gasteiger partial charge in [0.2, 0.25) is 0 Å². The fourth-order valence-corrected chi connectivity index (χ4v) is 3.03. The van der Waals surface area contributed by atoms with Gasteiger partial charge in [-0.3, -0.25) is 0 Å². The molecule has 0 aliphatic rings. The van der Waals surface area contributed by atoms with E-state index in [2.05, 4.69) is 33.5 Å². The molecule has 0 aromatic carbocycles. The molecule has 0 amide bonds. The Bertz CT molecular complexity index is 436. The van der Waals surface area contributed by atoms with Crippen molar-refractivity contribution in [1.29, 1.82) is 0 Å². The van der Waals surface area contributed by atoms with Gasteiger partial charge in [-0.05, 0) is 14.1 Å². The number of nitrogens with zero attached hydrogens (tertiary/aromatic N) is 4. The lowest BCUT2D eigenvalue weighted by atomic mass is 10.6. The molecule has 0 saturated heterocycles. The predicted molar refractivity (Wildman–Crippen MR) is 72.7 cm³/mol. The van der Waals surface area contributed by atoms with Crippen LogP contribution in [0.25, 0.3) is 0 Å². The molecule has 0 saturated carbocycles. The van der Waals surface area contributed by atoms with Gasteiger partial charge in [-0.2, -0.15) is 0 Å². The van der Waals surface area contributed by atoms with Gasteiger partial charge in [-0.25, -0.2) is 9.97 Å². The van der Waals surface area contributed by atoms with Crippen molar-refractivity contribution in [3.8, 4) is 0 Å². The number of hydrogen-bond acceptors (Lipinski definition) is 5. The van der Waals surface area contributed by atoms with E-state index in [1.807, 2.05) is 24.0 Å². The van der Waals surface area contributed by atoms with Crippen LogP contribution in [-0.4, -0.2) is 45.8 Å². The van der Waals surface area contributed by atoms with E-state index in [1.165, 1.54) is 0 Å². The summed E-state index contributed by atoms with van der Waals surface area (Å²) < 4.78 is 2.15. The van der Waals surface area contributed by atoms with Crippen LogP contribution in [0, 0.1) is 0 Å². The third kappa shape index (κ3) is 3.83. The summed E-state index contributed by atoms with van der Waals surface area (Å²) in [7, 11) is 4.17. The summed E-state index contributed by atoms with van der Waals surface area (Å²) in [5, 5.41) is 4.20. The molecule has 0 atom stereocenters. The highest BCUT2D eigenvalue weighted by atomic mass is 32.2. The van der Waals surface area contributed by atoms with E-state index in [0.29, 0.717) is 0 Å². The lowest BCUT2D eigenvalue weighted by Gasteiger charge is -2.09. The zero-order chi connectivity index (χ0) is 12.1. The Morgan fingerprint density at radius 2 is 2.24 bits per heavy atom. The van der Waals surface area contributed by atoms with E-state index in [-0.39, 0.29) is 0 Å². The maximum Gasteiger partial charge on any atom is 0.168 e. The van der Waals surface area contributed by atoms with Crippen LogP contribution in [0.4, 0.5) is 0 Å². The van der Waals surface area contributed by atoms with Crippen molar-refractivity contribution in [3.63, 3.8) is 0 Å². The van der Waals surface area contributed by atoms with Crippen molar-refractivity contribution >= 4 is 23.1 Å². The minimum atomic E-state index is 0.821. The van der Waals surface area contributed by atoms with Crippen LogP contribution in [0.3, 0.4) is 0 Å². The first-order valence-electron chi connectivity index (χ1n) is 5.43. The van der Waals surface area contributed by atoms with Gasteiger partial charge >= 0.3 is 0 Å². The highest BCUT2D eigenvalue weighted by Crippen LogP contribution is 2.17. The largest absolute Gasteiger partial charge is 0.319 e. The normalized spacial score (nSPS) is 11.2. The lowest BCUT2D eigenvalue weighted by Crippen LogP contribution is -2.15. The van der Waals surface area contributed by atoms with Gasteiger partial charge in [0, 0.05) is 36.3 Å². The highest BCUT2D eigenvalue weighted by Gasteiger charge is 2.05. The molecule has 4 nitrogen and oxygen atoms in total. The van der Waals surface area contributed by atoms with Gasteiger partial charge in [0.1, 0.15) is 5.01 Å². The standard InChI is InChI=1S/C11H16N4S2/c1-14(2)6-8-17-11-13-3-5-15(11)9-10-12-4-7-16-10/h3-5,7H,6,8-9H2,1-2H3. The van der Waals surface area contributed by atoms with Gasteiger partial charge in [0.15, 0.2) is 5.16 Å². The fraction of sp³-hybridized carbons (Fsp3) is 0.455. The third-order valence-electron chi connectivity index (χ3n) is 2.24. The highest BCUT2D eigenvalue weighted by molar-refractivity contribution is 7.99. The molecule has 0 aliphatic carbocycles. The molecule has 2 aromatic rings. The summed E-state index contributed by atoms with van der Waals surface area (Å²) >= 11 is 3.47. The summed E-state index contributed by atoms with van der Waals surface area (Å²) in [6.45, 7) is 1.89. The van der Waals surface area contributed by atoms with E-state index in [0.717, 1.165) is 29.0 Å². The van der Waals surface area contributed by atoms with Crippen LogP contribution in [0.2, 0.25) is 0 Å². The van der Waals surface area contributed by atoms with E-state index in [1.54, 1.807) is 23.1 Å². The summed E-state index contributed by atoms with van der Waals surface area (Å²) in [6, 6.07) is 0. The molecule has 6 heteroatoms. The molecule has 2 rings (SSSR count). The molecule has 0 bridgehead atoms. The molecule has 92 valence electrons. The Morgan fingerprint density at radius 1 is 1.35 bits per heavy atom. The zero-order valence-electron chi connectivity index (χ0n) is 10.0. The maximum absolute atomic E-state index is 4.38. The van der Waals surface area contributed by atoms with Gasteiger partial charge < -0.3 is 9.47 Å². The smallest absolute Gasteiger partial charge is 0.168 e. The molecule has 0 fully saturated rings. The van der Waals surface area contributed by atoms with Gasteiger partial charge in [-0.1, -0.05) is 11.8 Å². The Morgan fingerprint density at radius 3 is 2.94 bits per heavy atom. The molecule has 0 aliphatic heterocycles. The van der Waals surface area contributed by atoms with Crippen molar-refractivity contribution in [3.05, 3.63) is 29.0 Å². The van der Waals surface area contributed by atoms with Gasteiger partial charge in [-0.15, -0.1) is 11.3 Å². The minimum absolute atomic E-state index is 0.821. The van der Waals surface area contributed by atoms with Crippen LogP contribution in [0.5, 0.6) is 0 Å². The second-order valence-electron chi connectivity index (χ2n) is 3.92. The summed E-state index contributed by atoms with van der Waals surface area (Å²) in [5.41, 5.74) is 0. The molecule has 0 radical (unpaired) electrons. The average Bonchev–Trinajstić information content (AvgIpc) is 2.91. The number of hydrogen-bond donors (Lipinski definition) is 0. The SMILES string of the molecule is CN(C)CCSc1nccn1Cc1nccs1. The number of aromatic nitrogens is 3. The van der Waals surface area contributed by atoms with Crippen molar-refractivity contribution in [1.82, 2.24) is 19.4 Å². The number of imidazole rings is 1. The topological polar surface area (TPSA) is 34.0 Å². The third-order valence-corrected chi connectivity index (χ3v) is 3.99. The van der Waals surface area contributed by atoms with Crippen LogP contribution in [0.15, 0.2) is 29.1 Å². The second kappa shape index (κ2) is 6.18. The van der Waals surface area contributed by atoms with Crippen LogP contribution >= 0.6 is 23.1 Å². The Labute approximate surface area is 110 Å². The Balaban J connectivity index is 1.92. The summed E-state index contributed by atoms with van der Waals surface area (Å²) in [4.78, 5) is 10.9. The van der Waals surface area contributed by atoms with E-state index < -0.39 is 0 Å². The quantitative estimate of drug-likeness (QED) is 0.751. The second-order valence-corrected chi connectivity index (χ2v) is 5.96. The van der Waals surface area contributed by atoms with E-state index >= 15 is 0 Å². The predicted octanol–water partition coefficient (Wildman–Crippen LogP) is 2.04. The molecule has 17 heavy (non-hydrogen) atoms. The maximum atomic E-state index is 4.38. The van der Waals surface area contributed by atoms with Crippen molar-refractivity contribution in [2.24, 2.45) is 0 Å². The number of thiazole rings is 1. The van der Waals surface area contributed by atoms with Gasteiger partial charge in [0.25, 0.3) is 0 Å². The summed E-state index contributed by atoms with van der Waals surface area (Å²) in [5.74, 6) is 1.06. The van der Waals surface area contributed by atoms with Crippen LogP contribution in [0.1, 0.15) is 5.01 Å². The van der Waals surface area contributed by atoms with Crippen molar-refractivity contribution in [2.75, 3.05) is 26.4 Å². The molecule has 0 unspecified atom stereocenters. The Kier molecular flexibility index (Phi) is 4.58. The molecule has 2 aromatic heterocycles. The van der Waals surface area contributed by atoms with Crippen LogP contribution in [-0.2, 0) is 6.54 Å². The minimum Gasteiger partial charge on any atom is -0.319 e. The van der Waals surface area contributed by atoms with Crippen molar-refractivity contribution in [2.45, 2.75) is 11.7 Å². The van der Waals surface area contributed by atoms with Crippen molar-refractivity contribution < 1.29 is 0 Å². The van der Waals surface area contributed by atoms with Crippen LogP contribution < -0.4 is 0 Å². The summed E-state index contributed by atoms with van der Waals surface area (Å²) in [6.07, 6.45) is 5.71. The number of thioether (sulfide) groups is 1. The zero-order valence-corrected chi connectivity index (χ0v) is 11.7. The monoisotopic (exact) mass is 268 g/mol. The number of rotatable bonds is 6. The molecule has 2 heterocycles. The Hall–Kier alpha value is -0.850. The van der Waals surface area contributed by atoms with E-state index in [4.69, 9.17) is 0 Å². The fourth-order valence-electron chi connectivity index (χ4n) is 1.35. The molecule has 0 N–H and O–H groups in total. The molecular weight excluding hydrogens is 252 g/mol. The van der Waals surface area contributed by atoms with E-state index in [9.17, 15) is 0 Å². The molecular formula is C11H16N4S2. The molecule has 0 spiro atoms. The first-order chi connectivity index (χ1) is 8.25.